The summed E-state index contributed by atoms with van der Waals surface area (Å²) in [5.74, 6) is -0.191. The molecule has 2 heterocycles. The van der Waals surface area contributed by atoms with Crippen LogP contribution in [-0.4, -0.2) is 15.4 Å². The lowest BCUT2D eigenvalue weighted by Gasteiger charge is -2.42. The lowest BCUT2D eigenvalue weighted by Crippen LogP contribution is -2.49. The summed E-state index contributed by atoms with van der Waals surface area (Å²) in [6.45, 7) is 5.02. The van der Waals surface area contributed by atoms with Crippen molar-refractivity contribution in [3.05, 3.63) is 160 Å². The number of aryl methyl sites for hydroxylation is 2. The van der Waals surface area contributed by atoms with E-state index in [-0.39, 0.29) is 5.91 Å². The number of fused-ring (bicyclic) bond motifs is 4. The van der Waals surface area contributed by atoms with Gasteiger partial charge in [0.2, 0.25) is 0 Å². The molecule has 43 heavy (non-hydrogen) atoms. The van der Waals surface area contributed by atoms with Crippen LogP contribution in [0.1, 0.15) is 43.7 Å². The number of hydrogen-bond donors (Lipinski definition) is 0. The Morgan fingerprint density at radius 3 is 2.05 bits per heavy atom. The second-order valence-electron chi connectivity index (χ2n) is 11.3. The Morgan fingerprint density at radius 1 is 0.767 bits per heavy atom. The van der Waals surface area contributed by atoms with Gasteiger partial charge in [0.25, 0.3) is 5.91 Å². The van der Waals surface area contributed by atoms with Gasteiger partial charge in [0, 0.05) is 46.6 Å². The molecule has 0 saturated heterocycles. The van der Waals surface area contributed by atoms with E-state index in [0.29, 0.717) is 12.0 Å². The highest BCUT2D eigenvalue weighted by Gasteiger charge is 2.46. The molecule has 0 fully saturated rings. The normalized spacial score (nSPS) is 15.9. The average Bonchev–Trinajstić information content (AvgIpc) is 3.39. The third-order valence-electron chi connectivity index (χ3n) is 8.88. The molecule has 1 aliphatic rings. The maximum absolute atomic E-state index is 14.2. The third kappa shape index (κ3) is 4.16. The monoisotopic (exact) mass is 557 g/mol. The third-order valence-corrected chi connectivity index (χ3v) is 8.88. The molecule has 6 aromatic rings. The summed E-state index contributed by atoms with van der Waals surface area (Å²) in [4.78, 5) is 15.8. The van der Waals surface area contributed by atoms with Gasteiger partial charge < -0.3 is 4.57 Å². The molecule has 1 unspecified atom stereocenters. The SMILES string of the molecule is Cc1c2c(c(C)c3c1c1ccccc1n3Cc1ccccc1)C=CN(C(=O)c1ccccc1)C2(C#N)Cc1ccccc1. The lowest BCUT2D eigenvalue weighted by atomic mass is 9.74. The first-order chi connectivity index (χ1) is 21.0. The van der Waals surface area contributed by atoms with Crippen LogP contribution in [-0.2, 0) is 18.5 Å². The minimum atomic E-state index is -1.25. The molecular weight excluding hydrogens is 526 g/mol. The van der Waals surface area contributed by atoms with Crippen LogP contribution in [0.2, 0.25) is 0 Å². The zero-order chi connectivity index (χ0) is 29.6. The molecular formula is C39H31N3O. The van der Waals surface area contributed by atoms with Crippen LogP contribution in [0.4, 0.5) is 0 Å². The average molecular weight is 558 g/mol. The first-order valence-corrected chi connectivity index (χ1v) is 14.6. The van der Waals surface area contributed by atoms with Crippen LogP contribution in [0.5, 0.6) is 0 Å². The van der Waals surface area contributed by atoms with Gasteiger partial charge in [-0.2, -0.15) is 5.26 Å². The second-order valence-corrected chi connectivity index (χ2v) is 11.3. The Bertz CT molecular complexity index is 2070. The van der Waals surface area contributed by atoms with E-state index in [9.17, 15) is 10.1 Å². The van der Waals surface area contributed by atoms with Gasteiger partial charge in [0.15, 0.2) is 5.54 Å². The number of nitriles is 1. The maximum atomic E-state index is 14.2. The van der Waals surface area contributed by atoms with Crippen molar-refractivity contribution in [3.63, 3.8) is 0 Å². The number of nitrogens with zero attached hydrogens (tertiary/aromatic N) is 3. The predicted molar refractivity (Wildman–Crippen MR) is 174 cm³/mol. The van der Waals surface area contributed by atoms with Crippen LogP contribution < -0.4 is 0 Å². The minimum absolute atomic E-state index is 0.191. The fraction of sp³-hybridized carbons (Fsp3) is 0.128. The smallest absolute Gasteiger partial charge is 0.259 e. The molecule has 7 rings (SSSR count). The zero-order valence-corrected chi connectivity index (χ0v) is 24.3. The molecule has 1 atom stereocenters. The number of carbonyl (C=O) groups excluding carboxylic acids is 1. The maximum Gasteiger partial charge on any atom is 0.259 e. The molecule has 0 N–H and O–H groups in total. The summed E-state index contributed by atoms with van der Waals surface area (Å²) in [7, 11) is 0. The van der Waals surface area contributed by atoms with Gasteiger partial charge in [0.05, 0.1) is 11.6 Å². The van der Waals surface area contributed by atoms with Crippen molar-refractivity contribution >= 4 is 33.8 Å². The number of benzene rings is 5. The first-order valence-electron chi connectivity index (χ1n) is 14.6. The van der Waals surface area contributed by atoms with Crippen LogP contribution >= 0.6 is 0 Å². The van der Waals surface area contributed by atoms with E-state index < -0.39 is 5.54 Å². The van der Waals surface area contributed by atoms with Crippen molar-refractivity contribution < 1.29 is 4.79 Å². The van der Waals surface area contributed by atoms with Gasteiger partial charge in [-0.3, -0.25) is 9.69 Å². The first kappa shape index (κ1) is 26.5. The number of hydrogen-bond acceptors (Lipinski definition) is 2. The number of amides is 1. The Hall–Kier alpha value is -5.40. The van der Waals surface area contributed by atoms with Crippen LogP contribution in [0.3, 0.4) is 0 Å². The van der Waals surface area contributed by atoms with Gasteiger partial charge in [-0.05, 0) is 65.9 Å². The van der Waals surface area contributed by atoms with E-state index in [1.807, 2.05) is 79.0 Å². The topological polar surface area (TPSA) is 49.0 Å². The molecule has 4 nitrogen and oxygen atoms in total. The van der Waals surface area contributed by atoms with Crippen molar-refractivity contribution in [3.8, 4) is 6.07 Å². The summed E-state index contributed by atoms with van der Waals surface area (Å²) >= 11 is 0. The van der Waals surface area contributed by atoms with E-state index in [1.54, 1.807) is 4.90 Å². The van der Waals surface area contributed by atoms with Gasteiger partial charge >= 0.3 is 0 Å². The van der Waals surface area contributed by atoms with E-state index in [4.69, 9.17) is 0 Å². The van der Waals surface area contributed by atoms with Crippen LogP contribution in [0.25, 0.3) is 27.9 Å². The molecule has 1 aromatic heterocycles. The molecule has 1 aliphatic heterocycles. The molecule has 0 saturated carbocycles. The Morgan fingerprint density at radius 2 is 1.37 bits per heavy atom. The van der Waals surface area contributed by atoms with Crippen molar-refractivity contribution in [2.45, 2.75) is 32.4 Å². The van der Waals surface area contributed by atoms with Crippen molar-refractivity contribution in [1.29, 1.82) is 5.26 Å². The van der Waals surface area contributed by atoms with Crippen molar-refractivity contribution in [2.75, 3.05) is 0 Å². The van der Waals surface area contributed by atoms with Gasteiger partial charge in [-0.25, -0.2) is 0 Å². The fourth-order valence-electron chi connectivity index (χ4n) is 6.96. The highest BCUT2D eigenvalue weighted by Crippen LogP contribution is 2.47. The van der Waals surface area contributed by atoms with Crippen molar-refractivity contribution in [2.24, 2.45) is 0 Å². The van der Waals surface area contributed by atoms with Gasteiger partial charge in [0.1, 0.15) is 0 Å². The highest BCUT2D eigenvalue weighted by molar-refractivity contribution is 6.12. The summed E-state index contributed by atoms with van der Waals surface area (Å²) in [5.41, 5.74) is 7.91. The molecule has 1 amide bonds. The molecule has 0 aliphatic carbocycles. The summed E-state index contributed by atoms with van der Waals surface area (Å²) in [5, 5.41) is 13.5. The molecule has 0 bridgehead atoms. The Balaban J connectivity index is 1.54. The van der Waals surface area contributed by atoms with Gasteiger partial charge in [-0.1, -0.05) is 97.1 Å². The van der Waals surface area contributed by atoms with Crippen molar-refractivity contribution in [1.82, 2.24) is 9.47 Å². The van der Waals surface area contributed by atoms with E-state index in [2.05, 4.69) is 73.0 Å². The number of carbonyl (C=O) groups is 1. The molecule has 5 aromatic carbocycles. The van der Waals surface area contributed by atoms with E-state index in [1.165, 1.54) is 11.1 Å². The summed E-state index contributed by atoms with van der Waals surface area (Å²) in [6, 6.07) is 41.0. The molecule has 0 spiro atoms. The van der Waals surface area contributed by atoms with E-state index >= 15 is 0 Å². The molecule has 208 valence electrons. The fourth-order valence-corrected chi connectivity index (χ4v) is 6.96. The Kier molecular flexibility index (Phi) is 6.44. The minimum Gasteiger partial charge on any atom is -0.336 e. The van der Waals surface area contributed by atoms with E-state index in [0.717, 1.165) is 50.7 Å². The summed E-state index contributed by atoms with van der Waals surface area (Å²) < 4.78 is 2.41. The number of para-hydroxylation sites is 1. The lowest BCUT2D eigenvalue weighted by molar-refractivity contribution is 0.0696. The zero-order valence-electron chi connectivity index (χ0n) is 24.3. The quantitative estimate of drug-likeness (QED) is 0.213. The molecule has 4 heteroatoms. The largest absolute Gasteiger partial charge is 0.336 e. The molecule has 0 radical (unpaired) electrons. The number of aromatic nitrogens is 1. The predicted octanol–water partition coefficient (Wildman–Crippen LogP) is 8.55. The Labute approximate surface area is 251 Å². The number of rotatable bonds is 5. The standard InChI is InChI=1S/C39H31N3O/c1-27-32-22-23-42(38(43)31-18-10-5-11-19-31)39(26-40,24-29-14-6-3-7-15-29)36(32)28(2)35-33-20-12-13-21-34(33)41(37(27)35)25-30-16-8-4-9-17-30/h3-23H,24-25H2,1-2H3. The summed E-state index contributed by atoms with van der Waals surface area (Å²) in [6.07, 6.45) is 4.23. The van der Waals surface area contributed by atoms with Crippen LogP contribution in [0.15, 0.2) is 121 Å². The van der Waals surface area contributed by atoms with Gasteiger partial charge in [-0.15, -0.1) is 0 Å². The van der Waals surface area contributed by atoms with Crippen LogP contribution in [0, 0.1) is 25.2 Å². The highest BCUT2D eigenvalue weighted by atomic mass is 16.2. The second kappa shape index (κ2) is 10.5.